The number of esters is 1. The minimum Gasteiger partial charge on any atom is -0.459 e. The molecule has 4 N–H and O–H groups in total. The number of methoxy groups -OCH3 is 2. The van der Waals surface area contributed by atoms with Crippen molar-refractivity contribution in [3.63, 3.8) is 0 Å². The second-order valence-corrected chi connectivity index (χ2v) is 27.7. The van der Waals surface area contributed by atoms with Gasteiger partial charge in [-0.3, -0.25) is 29.5 Å². The van der Waals surface area contributed by atoms with Crippen LogP contribution in [-0.4, -0.2) is 197 Å². The molecular weight excluding hydrogens is 1390 g/mol. The van der Waals surface area contributed by atoms with Gasteiger partial charge in [-0.05, 0) is 109 Å². The lowest BCUT2D eigenvalue weighted by Crippen LogP contribution is -2.62. The first kappa shape index (κ1) is 80.1. The van der Waals surface area contributed by atoms with E-state index in [-0.39, 0.29) is 22.4 Å². The number of rotatable bonds is 27. The average Bonchev–Trinajstić information content (AvgIpc) is 1.38. The number of ether oxygens (including phenoxy) is 5. The van der Waals surface area contributed by atoms with Crippen LogP contribution in [0.25, 0.3) is 11.3 Å². The van der Waals surface area contributed by atoms with Crippen LogP contribution in [0.5, 0.6) is 0 Å². The Bertz CT molecular complexity index is 3880. The number of alkyl carbamates (subject to hydrolysis) is 3. The second kappa shape index (κ2) is 33.4. The maximum Gasteiger partial charge on any atom is 0.408 e. The van der Waals surface area contributed by atoms with Crippen molar-refractivity contribution in [3.8, 4) is 23.1 Å². The number of hydrogen-bond acceptors (Lipinski definition) is 18. The Morgan fingerprint density at radius 2 is 1.26 bits per heavy atom. The zero-order valence-corrected chi connectivity index (χ0v) is 58.6. The lowest BCUT2D eigenvalue weighted by Gasteiger charge is -2.47. The van der Waals surface area contributed by atoms with Crippen LogP contribution in [0.3, 0.4) is 0 Å². The maximum atomic E-state index is 16.8. The molecule has 3 aliphatic rings. The van der Waals surface area contributed by atoms with Crippen molar-refractivity contribution in [2.75, 3.05) is 65.6 Å². The Hall–Kier alpha value is -9.62. The summed E-state index contributed by atoms with van der Waals surface area (Å²) in [5.74, 6) is -3.83. The number of Topliss-reactive ketones (excluding diaryl/α,β-unsaturated/α-hetero) is 1. The molecule has 0 aliphatic carbocycles. The van der Waals surface area contributed by atoms with Crippen molar-refractivity contribution in [1.82, 2.24) is 55.9 Å². The average molecular weight is 1470 g/mol. The molecule has 0 spiro atoms. The van der Waals surface area contributed by atoms with Crippen LogP contribution in [0.4, 0.5) is 64.2 Å². The van der Waals surface area contributed by atoms with E-state index in [1.807, 2.05) is 5.32 Å². The van der Waals surface area contributed by atoms with E-state index in [4.69, 9.17) is 14.2 Å². The predicted molar refractivity (Wildman–Crippen MR) is 353 cm³/mol. The van der Waals surface area contributed by atoms with Gasteiger partial charge in [0.25, 0.3) is 5.91 Å². The van der Waals surface area contributed by atoms with E-state index in [9.17, 15) is 37.5 Å². The number of hydrazine groups is 1. The zero-order valence-electron chi connectivity index (χ0n) is 58.6. The molecule has 104 heavy (non-hydrogen) atoms. The number of benzene rings is 3. The highest BCUT2D eigenvalue weighted by Gasteiger charge is 2.57. The lowest BCUT2D eigenvalue weighted by atomic mass is 9.77. The van der Waals surface area contributed by atoms with Crippen LogP contribution >= 0.6 is 0 Å². The molecule has 2 bridgehead atoms. The van der Waals surface area contributed by atoms with Gasteiger partial charge in [-0.1, -0.05) is 54.3 Å². The standard InChI is InChI=1S/C70H82F10N12O12/c1-66(2,3)104-65(99)83-53(27-41-14-12-11-13-15-41)60(96)88(8)37-56(94)103-55(36-90(87-59(95)58(85-64(98)101-10)68(6,7)70(78,79)80)35-49-50(71)28-44(29-51(49)72)52-24-25-91(86-52)61(73)74)45(30-54(93)57(84-63(97)100-9)67(4,5)69(75,76)77)26-42-19-16-40(17-20-42)18-21-43-31-81-62(82-32-43)89-33-46-22-23-47(34-89)92(46)48-38-102-39-48/h11-17,19-20,24-25,28-29,31-32,45-48,53,55,57-58,61H,22-23,26-27,30,33-39H2,1-10H3,(H,83,99)(H,84,97)(H,85,98)(H,87,95)/t45-,46?,47?,53+,55+,57-,58-/m1/s1. The molecule has 5 aromatic rings. The summed E-state index contributed by atoms with van der Waals surface area (Å²) in [5, 5.41) is 10.4. The van der Waals surface area contributed by atoms with Gasteiger partial charge in [0.05, 0.1) is 62.1 Å². The summed E-state index contributed by atoms with van der Waals surface area (Å²) in [6.45, 7) is 2.93. The Balaban J connectivity index is 1.22. The van der Waals surface area contributed by atoms with Gasteiger partial charge in [-0.15, -0.1) is 0 Å². The predicted octanol–water partition coefficient (Wildman–Crippen LogP) is 9.25. The molecule has 564 valence electrons. The number of ketones is 1. The molecule has 3 aliphatic heterocycles. The summed E-state index contributed by atoms with van der Waals surface area (Å²) in [5.41, 5.74) is -5.68. The van der Waals surface area contributed by atoms with Crippen LogP contribution in [0.1, 0.15) is 102 Å². The molecule has 2 aromatic heterocycles. The van der Waals surface area contributed by atoms with E-state index in [1.54, 1.807) is 68.8 Å². The number of aromatic nitrogens is 4. The second-order valence-electron chi connectivity index (χ2n) is 27.7. The first-order valence-corrected chi connectivity index (χ1v) is 33.0. The topological polar surface area (TPSA) is 270 Å². The largest absolute Gasteiger partial charge is 0.459 e. The number of nitrogens with zero attached hydrogens (tertiary/aromatic N) is 8. The number of carbonyl (C=O) groups is 7. The molecule has 5 amide bonds. The van der Waals surface area contributed by atoms with Crippen LogP contribution in [-0.2, 0) is 62.2 Å². The van der Waals surface area contributed by atoms with E-state index in [2.05, 4.69) is 56.9 Å². The quantitative estimate of drug-likeness (QED) is 0.0125. The van der Waals surface area contributed by atoms with Gasteiger partial charge >= 0.3 is 43.2 Å². The van der Waals surface area contributed by atoms with E-state index in [1.165, 1.54) is 24.3 Å². The molecule has 0 saturated carbocycles. The summed E-state index contributed by atoms with van der Waals surface area (Å²) in [4.78, 5) is 113. The fraction of sp³-hybridized carbons (Fsp3) is 0.514. The third-order valence-corrected chi connectivity index (χ3v) is 18.2. The summed E-state index contributed by atoms with van der Waals surface area (Å²) in [7, 11) is 2.66. The van der Waals surface area contributed by atoms with Gasteiger partial charge < -0.3 is 49.4 Å². The highest BCUT2D eigenvalue weighted by Crippen LogP contribution is 2.43. The van der Waals surface area contributed by atoms with Crippen molar-refractivity contribution >= 4 is 47.8 Å². The Labute approximate surface area is 593 Å². The first-order valence-electron chi connectivity index (χ1n) is 33.0. The third kappa shape index (κ3) is 20.4. The highest BCUT2D eigenvalue weighted by molar-refractivity contribution is 5.90. The van der Waals surface area contributed by atoms with E-state index in [0.717, 1.165) is 64.4 Å². The molecular formula is C70H82F10N12O12. The number of fused-ring (bicyclic) bond motifs is 2. The van der Waals surface area contributed by atoms with Crippen molar-refractivity contribution in [3.05, 3.63) is 131 Å². The molecule has 34 heteroatoms. The number of carbonyl (C=O) groups excluding carboxylic acids is 7. The summed E-state index contributed by atoms with van der Waals surface area (Å²) in [6.07, 6.45) is -12.8. The van der Waals surface area contributed by atoms with Crippen LogP contribution < -0.4 is 26.3 Å². The van der Waals surface area contributed by atoms with Gasteiger partial charge in [0.1, 0.15) is 48.0 Å². The first-order chi connectivity index (χ1) is 48.7. The van der Waals surface area contributed by atoms with Gasteiger partial charge in [-0.2, -0.15) is 40.2 Å². The number of halogens is 10. The molecule has 8 rings (SSSR count). The fourth-order valence-electron chi connectivity index (χ4n) is 12.2. The van der Waals surface area contributed by atoms with Gasteiger partial charge in [0.2, 0.25) is 11.9 Å². The van der Waals surface area contributed by atoms with E-state index >= 15 is 39.9 Å². The number of amides is 5. The van der Waals surface area contributed by atoms with E-state index < -0.39 is 163 Å². The molecule has 3 fully saturated rings. The molecule has 2 unspecified atom stereocenters. The van der Waals surface area contributed by atoms with Crippen molar-refractivity contribution < 1.29 is 101 Å². The number of anilines is 1. The van der Waals surface area contributed by atoms with Crippen LogP contribution in [0, 0.1) is 40.2 Å². The van der Waals surface area contributed by atoms with Crippen molar-refractivity contribution in [2.24, 2.45) is 16.7 Å². The molecule has 5 heterocycles. The third-order valence-electron chi connectivity index (χ3n) is 18.2. The molecule has 3 saturated heterocycles. The zero-order chi connectivity index (χ0) is 76.4. The van der Waals surface area contributed by atoms with E-state index in [0.29, 0.717) is 98.8 Å². The number of alkyl halides is 8. The van der Waals surface area contributed by atoms with Gasteiger partial charge in [-0.25, -0.2) is 42.8 Å². The van der Waals surface area contributed by atoms with Crippen molar-refractivity contribution in [2.45, 2.75) is 154 Å². The number of nitrogens with one attached hydrogen (secondary N) is 4. The summed E-state index contributed by atoms with van der Waals surface area (Å²) < 4.78 is 178. The molecule has 3 aromatic carbocycles. The molecule has 24 nitrogen and oxygen atoms in total. The monoisotopic (exact) mass is 1470 g/mol. The lowest BCUT2D eigenvalue weighted by molar-refractivity contribution is -0.221. The van der Waals surface area contributed by atoms with Crippen LogP contribution in [0.15, 0.2) is 91.4 Å². The van der Waals surface area contributed by atoms with Crippen LogP contribution in [0.2, 0.25) is 0 Å². The minimum atomic E-state index is -5.34. The number of piperazine rings is 1. The normalized spacial score (nSPS) is 17.3. The van der Waals surface area contributed by atoms with Crippen molar-refractivity contribution in [1.29, 1.82) is 0 Å². The Morgan fingerprint density at radius 3 is 1.79 bits per heavy atom. The van der Waals surface area contributed by atoms with Gasteiger partial charge in [0, 0.05) is 92.8 Å². The number of hydrogen-bond donors (Lipinski definition) is 4. The molecule has 0 radical (unpaired) electrons. The minimum absolute atomic E-state index is 0.173. The summed E-state index contributed by atoms with van der Waals surface area (Å²) >= 11 is 0. The fourth-order valence-corrected chi connectivity index (χ4v) is 12.2. The SMILES string of the molecule is COC(=O)N[C@H](C(=O)C[C@@H](Cc1ccc(C#Cc2cnc(N3CC4CCC(C3)N4C3COC3)nc2)cc1)[C@H](CN(Cc1c(F)cc(-c2ccn(C(F)F)n2)cc1F)NC(=O)[C@@H](NC(=O)OC)C(C)(C)C(F)(F)F)OC(=O)CN(C)C(=O)[C@H](Cc1ccccc1)NC(=O)OC(C)(C)C)C(C)(C)C(F)(F)F. The highest BCUT2D eigenvalue weighted by atomic mass is 19.4. The van der Waals surface area contributed by atoms with Gasteiger partial charge in [0.15, 0.2) is 5.78 Å². The Kier molecular flexibility index (Phi) is 25.7. The smallest absolute Gasteiger partial charge is 0.408 e. The maximum absolute atomic E-state index is 16.8. The number of likely N-dealkylation sites (N-methyl/N-ethyl adjacent to an activating group) is 1. The Morgan fingerprint density at radius 1 is 0.702 bits per heavy atom. The summed E-state index contributed by atoms with van der Waals surface area (Å²) in [6, 6.07) is 10.8. The molecule has 7 atom stereocenters.